The Morgan fingerprint density at radius 3 is 2.75 bits per heavy atom. The lowest BCUT2D eigenvalue weighted by molar-refractivity contribution is -0.402. The van der Waals surface area contributed by atoms with Crippen molar-refractivity contribution in [3.63, 3.8) is 0 Å². The highest BCUT2D eigenvalue weighted by Gasteiger charge is 2.16. The minimum absolute atomic E-state index is 0.0131. The van der Waals surface area contributed by atoms with Gasteiger partial charge in [0.2, 0.25) is 5.76 Å². The molecule has 0 aliphatic rings. The number of hydrazone groups is 1. The third kappa shape index (κ3) is 2.99. The van der Waals surface area contributed by atoms with Crippen LogP contribution in [0, 0.1) is 10.1 Å². The van der Waals surface area contributed by atoms with Crippen LogP contribution in [0.4, 0.5) is 5.88 Å². The Labute approximate surface area is 112 Å². The number of rotatable bonds is 4. The first-order valence-electron chi connectivity index (χ1n) is 5.43. The highest BCUT2D eigenvalue weighted by molar-refractivity contribution is 5.92. The molecule has 0 radical (unpaired) electrons. The second-order valence-electron chi connectivity index (χ2n) is 3.65. The van der Waals surface area contributed by atoms with Gasteiger partial charge in [0.1, 0.15) is 10.7 Å². The van der Waals surface area contributed by atoms with Crippen molar-refractivity contribution in [2.45, 2.75) is 0 Å². The van der Waals surface area contributed by atoms with Gasteiger partial charge in [0.15, 0.2) is 0 Å². The van der Waals surface area contributed by atoms with Gasteiger partial charge in [-0.05, 0) is 18.2 Å². The van der Waals surface area contributed by atoms with Crippen LogP contribution in [0.5, 0.6) is 5.75 Å². The molecular weight excluding hydrogens is 266 g/mol. The fourth-order valence-electron chi connectivity index (χ4n) is 1.36. The molecule has 1 amide bonds. The Kier molecular flexibility index (Phi) is 3.75. The first-order valence-corrected chi connectivity index (χ1v) is 5.43. The molecule has 0 unspecified atom stereocenters. The van der Waals surface area contributed by atoms with Gasteiger partial charge in [-0.25, -0.2) is 5.43 Å². The maximum absolute atomic E-state index is 11.6. The number of aromatic hydroxyl groups is 1. The normalized spacial score (nSPS) is 10.6. The van der Waals surface area contributed by atoms with Crippen molar-refractivity contribution in [3.05, 3.63) is 57.8 Å². The molecule has 1 aromatic heterocycles. The van der Waals surface area contributed by atoms with E-state index < -0.39 is 16.7 Å². The number of carbonyl (C=O) groups excluding carboxylic acids is 1. The third-order valence-electron chi connectivity index (χ3n) is 2.30. The van der Waals surface area contributed by atoms with Crippen LogP contribution in [0.2, 0.25) is 0 Å². The molecule has 8 heteroatoms. The zero-order valence-electron chi connectivity index (χ0n) is 10.0. The minimum Gasteiger partial charge on any atom is -0.507 e. The zero-order valence-corrected chi connectivity index (χ0v) is 10.0. The number of para-hydroxylation sites is 1. The van der Waals surface area contributed by atoms with Gasteiger partial charge in [0.05, 0.1) is 12.3 Å². The van der Waals surface area contributed by atoms with Crippen LogP contribution in [0.15, 0.2) is 45.9 Å². The van der Waals surface area contributed by atoms with Crippen molar-refractivity contribution < 1.29 is 19.2 Å². The van der Waals surface area contributed by atoms with E-state index in [0.29, 0.717) is 5.56 Å². The number of nitrogens with zero attached hydrogens (tertiary/aromatic N) is 2. The first-order chi connectivity index (χ1) is 9.58. The molecule has 0 atom stereocenters. The molecular formula is C12H9N3O5. The van der Waals surface area contributed by atoms with Crippen molar-refractivity contribution in [1.29, 1.82) is 0 Å². The second-order valence-corrected chi connectivity index (χ2v) is 3.65. The van der Waals surface area contributed by atoms with Crippen molar-refractivity contribution in [2.75, 3.05) is 0 Å². The predicted octanol–water partition coefficient (Wildman–Crippen LogP) is 1.66. The van der Waals surface area contributed by atoms with Crippen molar-refractivity contribution in [3.8, 4) is 5.75 Å². The van der Waals surface area contributed by atoms with Gasteiger partial charge in [-0.2, -0.15) is 5.10 Å². The summed E-state index contributed by atoms with van der Waals surface area (Å²) in [7, 11) is 0. The van der Waals surface area contributed by atoms with Gasteiger partial charge >= 0.3 is 11.8 Å². The summed E-state index contributed by atoms with van der Waals surface area (Å²) in [5, 5.41) is 23.5. The van der Waals surface area contributed by atoms with E-state index in [9.17, 15) is 20.0 Å². The van der Waals surface area contributed by atoms with E-state index >= 15 is 0 Å². The number of amides is 1. The fourth-order valence-corrected chi connectivity index (χ4v) is 1.36. The van der Waals surface area contributed by atoms with Crippen LogP contribution in [-0.4, -0.2) is 22.2 Å². The quantitative estimate of drug-likeness (QED) is 0.499. The van der Waals surface area contributed by atoms with E-state index in [4.69, 9.17) is 4.42 Å². The first kappa shape index (κ1) is 13.3. The molecule has 20 heavy (non-hydrogen) atoms. The van der Waals surface area contributed by atoms with E-state index in [1.807, 2.05) is 0 Å². The number of hydrogen-bond donors (Lipinski definition) is 2. The second kappa shape index (κ2) is 5.65. The number of phenolic OH excluding ortho intramolecular Hbond substituents is 1. The van der Waals surface area contributed by atoms with E-state index in [0.717, 1.165) is 6.07 Å². The largest absolute Gasteiger partial charge is 0.507 e. The molecule has 0 saturated heterocycles. The van der Waals surface area contributed by atoms with Crippen LogP contribution in [0.1, 0.15) is 16.1 Å². The Balaban J connectivity index is 2.01. The Morgan fingerprint density at radius 2 is 2.10 bits per heavy atom. The summed E-state index contributed by atoms with van der Waals surface area (Å²) >= 11 is 0. The van der Waals surface area contributed by atoms with Crippen molar-refractivity contribution >= 4 is 18.0 Å². The summed E-state index contributed by atoms with van der Waals surface area (Å²) < 4.78 is 4.70. The topological polar surface area (TPSA) is 118 Å². The van der Waals surface area contributed by atoms with Crippen molar-refractivity contribution in [1.82, 2.24) is 5.43 Å². The molecule has 1 aromatic carbocycles. The summed E-state index contributed by atoms with van der Waals surface area (Å²) in [5.41, 5.74) is 2.54. The average molecular weight is 275 g/mol. The molecule has 0 aliphatic heterocycles. The van der Waals surface area contributed by atoms with Gasteiger partial charge in [0, 0.05) is 5.56 Å². The Hall–Kier alpha value is -3.16. The van der Waals surface area contributed by atoms with Crippen LogP contribution in [-0.2, 0) is 0 Å². The number of benzene rings is 1. The number of phenols is 1. The van der Waals surface area contributed by atoms with E-state index in [-0.39, 0.29) is 11.5 Å². The standard InChI is InChI=1S/C12H9N3O5/c16-9-4-2-1-3-8(9)7-13-14-12(17)10-5-6-11(20-10)15(18)19/h1-7,16H,(H,14,17)/b13-7-. The molecule has 1 heterocycles. The van der Waals surface area contributed by atoms with Crippen molar-refractivity contribution in [2.24, 2.45) is 5.10 Å². The predicted molar refractivity (Wildman–Crippen MR) is 68.5 cm³/mol. The molecule has 2 aromatic rings. The van der Waals surface area contributed by atoms with Gasteiger partial charge in [0.25, 0.3) is 0 Å². The number of carbonyl (C=O) groups is 1. The number of hydrogen-bond acceptors (Lipinski definition) is 6. The van der Waals surface area contributed by atoms with Gasteiger partial charge in [-0.15, -0.1) is 0 Å². The molecule has 0 spiro atoms. The maximum Gasteiger partial charge on any atom is 0.433 e. The summed E-state index contributed by atoms with van der Waals surface area (Å²) in [4.78, 5) is 21.2. The monoisotopic (exact) mass is 275 g/mol. The summed E-state index contributed by atoms with van der Waals surface area (Å²) in [6.45, 7) is 0. The highest BCUT2D eigenvalue weighted by atomic mass is 16.6. The molecule has 2 rings (SSSR count). The van der Waals surface area contributed by atoms with Gasteiger partial charge < -0.3 is 9.52 Å². The van der Waals surface area contributed by atoms with Gasteiger partial charge in [-0.1, -0.05) is 12.1 Å². The van der Waals surface area contributed by atoms with Gasteiger partial charge in [-0.3, -0.25) is 14.9 Å². The Morgan fingerprint density at radius 1 is 1.35 bits per heavy atom. The number of nitrogens with one attached hydrogen (secondary N) is 1. The minimum atomic E-state index is -0.748. The zero-order chi connectivity index (χ0) is 14.5. The van der Waals surface area contributed by atoms with Crippen LogP contribution in [0.3, 0.4) is 0 Å². The highest BCUT2D eigenvalue weighted by Crippen LogP contribution is 2.15. The molecule has 2 N–H and O–H groups in total. The molecule has 0 fully saturated rings. The lowest BCUT2D eigenvalue weighted by atomic mass is 10.2. The number of furan rings is 1. The van der Waals surface area contributed by atoms with Crippen LogP contribution < -0.4 is 5.43 Å². The van der Waals surface area contributed by atoms with Crippen LogP contribution in [0.25, 0.3) is 0 Å². The number of nitro groups is 1. The van der Waals surface area contributed by atoms with E-state index in [2.05, 4.69) is 10.5 Å². The molecule has 0 saturated carbocycles. The summed E-state index contributed by atoms with van der Waals surface area (Å²) in [6.07, 6.45) is 1.24. The SMILES string of the molecule is O=C(N/N=C\c1ccccc1O)c1ccc([N+](=O)[O-])o1. The molecule has 0 bridgehead atoms. The lowest BCUT2D eigenvalue weighted by Gasteiger charge is -1.97. The third-order valence-corrected chi connectivity index (χ3v) is 2.30. The summed E-state index contributed by atoms with van der Waals surface area (Å²) in [5.74, 6) is -1.48. The average Bonchev–Trinajstić information content (AvgIpc) is 2.91. The fraction of sp³-hybridized carbons (Fsp3) is 0. The van der Waals surface area contributed by atoms with Crippen LogP contribution >= 0.6 is 0 Å². The molecule has 0 aliphatic carbocycles. The smallest absolute Gasteiger partial charge is 0.433 e. The van der Waals surface area contributed by atoms with E-state index in [1.54, 1.807) is 18.2 Å². The Bertz CT molecular complexity index is 677. The lowest BCUT2D eigenvalue weighted by Crippen LogP contribution is -2.16. The molecule has 102 valence electrons. The summed E-state index contributed by atoms with van der Waals surface area (Å²) in [6, 6.07) is 8.65. The molecule has 8 nitrogen and oxygen atoms in total. The van der Waals surface area contributed by atoms with E-state index in [1.165, 1.54) is 18.3 Å². The maximum atomic E-state index is 11.6.